The van der Waals surface area contributed by atoms with Crippen LogP contribution in [0, 0.1) is 10.1 Å². The van der Waals surface area contributed by atoms with Crippen molar-refractivity contribution in [2.45, 2.75) is 25.9 Å². The maximum Gasteiger partial charge on any atom is 0.269 e. The number of aliphatic hydroxyl groups excluding tert-OH is 1. The highest BCUT2D eigenvalue weighted by molar-refractivity contribution is 5.83. The summed E-state index contributed by atoms with van der Waals surface area (Å²) < 4.78 is 0. The van der Waals surface area contributed by atoms with Crippen molar-refractivity contribution < 1.29 is 14.8 Å². The summed E-state index contributed by atoms with van der Waals surface area (Å²) in [6, 6.07) is 6.08. The molecule has 0 fully saturated rings. The zero-order valence-corrected chi connectivity index (χ0v) is 12.2. The summed E-state index contributed by atoms with van der Waals surface area (Å²) in [5, 5.41) is 25.5. The Morgan fingerprint density at radius 3 is 2.71 bits per heavy atom. The van der Waals surface area contributed by atoms with E-state index in [-0.39, 0.29) is 11.6 Å². The van der Waals surface area contributed by atoms with Gasteiger partial charge in [-0.2, -0.15) is 0 Å². The van der Waals surface area contributed by atoms with Crippen LogP contribution in [0.1, 0.15) is 25.3 Å². The van der Waals surface area contributed by atoms with E-state index in [4.69, 9.17) is 5.11 Å². The maximum absolute atomic E-state index is 12.0. The number of hydrogen-bond acceptors (Lipinski definition) is 5. The van der Waals surface area contributed by atoms with Gasteiger partial charge in [-0.1, -0.05) is 12.1 Å². The fourth-order valence-electron chi connectivity index (χ4n) is 1.80. The summed E-state index contributed by atoms with van der Waals surface area (Å²) >= 11 is 0. The van der Waals surface area contributed by atoms with Crippen molar-refractivity contribution in [3.05, 3.63) is 39.9 Å². The summed E-state index contributed by atoms with van der Waals surface area (Å²) in [5.74, 6) is -0.643. The first-order valence-corrected chi connectivity index (χ1v) is 6.82. The molecule has 0 heterocycles. The lowest BCUT2D eigenvalue weighted by molar-refractivity contribution is -0.384. The van der Waals surface area contributed by atoms with Crippen LogP contribution in [0.3, 0.4) is 0 Å². The number of nitrogens with one attached hydrogen (secondary N) is 2. The van der Waals surface area contributed by atoms with Crippen molar-refractivity contribution >= 4 is 11.6 Å². The average Bonchev–Trinajstić information content (AvgIpc) is 2.45. The first-order chi connectivity index (χ1) is 9.91. The first-order valence-electron chi connectivity index (χ1n) is 6.82. The molecule has 1 amide bonds. The Hall–Kier alpha value is -1.99. The Morgan fingerprint density at radius 2 is 2.10 bits per heavy atom. The molecule has 0 saturated carbocycles. The van der Waals surface area contributed by atoms with E-state index < -0.39 is 16.9 Å². The molecule has 0 aliphatic carbocycles. The molecule has 2 unspecified atom stereocenters. The van der Waals surface area contributed by atoms with Gasteiger partial charge in [0.15, 0.2) is 0 Å². The van der Waals surface area contributed by atoms with Gasteiger partial charge >= 0.3 is 0 Å². The number of non-ortho nitro benzene ring substituents is 1. The number of carbonyl (C=O) groups is 1. The van der Waals surface area contributed by atoms with Gasteiger partial charge in [0, 0.05) is 31.8 Å². The number of hydrogen-bond donors (Lipinski definition) is 3. The van der Waals surface area contributed by atoms with Crippen LogP contribution in [0.15, 0.2) is 24.3 Å². The van der Waals surface area contributed by atoms with Crippen LogP contribution in [-0.4, -0.2) is 41.7 Å². The second-order valence-electron chi connectivity index (χ2n) is 4.92. The Kier molecular flexibility index (Phi) is 6.77. The van der Waals surface area contributed by atoms with E-state index in [2.05, 4.69) is 10.6 Å². The lowest BCUT2D eigenvalue weighted by Crippen LogP contribution is -2.36. The highest BCUT2D eigenvalue weighted by Gasteiger charge is 2.17. The van der Waals surface area contributed by atoms with Crippen molar-refractivity contribution in [2.75, 3.05) is 19.6 Å². The second kappa shape index (κ2) is 8.33. The normalized spacial score (nSPS) is 13.5. The summed E-state index contributed by atoms with van der Waals surface area (Å²) in [7, 11) is 0. The summed E-state index contributed by atoms with van der Waals surface area (Å²) in [6.07, 6.45) is -0.426. The summed E-state index contributed by atoms with van der Waals surface area (Å²) in [4.78, 5) is 22.2. The number of aliphatic hydroxyl groups is 1. The third-order valence-electron chi connectivity index (χ3n) is 3.02. The number of benzene rings is 1. The molecule has 0 spiro atoms. The Bertz CT molecular complexity index is 491. The monoisotopic (exact) mass is 295 g/mol. The van der Waals surface area contributed by atoms with Gasteiger partial charge in [-0.05, 0) is 19.4 Å². The average molecular weight is 295 g/mol. The molecule has 3 N–H and O–H groups in total. The van der Waals surface area contributed by atoms with Crippen molar-refractivity contribution in [3.8, 4) is 0 Å². The van der Waals surface area contributed by atoms with Crippen LogP contribution in [0.5, 0.6) is 0 Å². The van der Waals surface area contributed by atoms with Crippen molar-refractivity contribution in [3.63, 3.8) is 0 Å². The molecule has 1 aromatic rings. The van der Waals surface area contributed by atoms with E-state index in [1.165, 1.54) is 12.1 Å². The fourth-order valence-corrected chi connectivity index (χ4v) is 1.80. The molecule has 0 saturated heterocycles. The standard InChI is InChI=1S/C14H21N3O4/c1-10(18)9-15-6-7-16-14(19)11(2)12-4-3-5-13(8-12)17(20)21/h3-5,8,10-11,15,18H,6-7,9H2,1-2H3,(H,16,19). The van der Waals surface area contributed by atoms with Gasteiger partial charge in [-0.3, -0.25) is 14.9 Å². The zero-order chi connectivity index (χ0) is 15.8. The molecule has 7 heteroatoms. The highest BCUT2D eigenvalue weighted by Crippen LogP contribution is 2.20. The lowest BCUT2D eigenvalue weighted by Gasteiger charge is -2.13. The smallest absolute Gasteiger partial charge is 0.269 e. The lowest BCUT2D eigenvalue weighted by atomic mass is 10.00. The molecule has 21 heavy (non-hydrogen) atoms. The Balaban J connectivity index is 2.47. The van der Waals surface area contributed by atoms with E-state index in [0.717, 1.165) is 0 Å². The van der Waals surface area contributed by atoms with Crippen LogP contribution in [0.25, 0.3) is 0 Å². The molecule has 2 atom stereocenters. The van der Waals surface area contributed by atoms with Crippen LogP contribution in [0.4, 0.5) is 5.69 Å². The summed E-state index contributed by atoms with van der Waals surface area (Å²) in [5.41, 5.74) is 0.587. The third kappa shape index (κ3) is 5.88. The molecule has 0 aliphatic heterocycles. The number of rotatable bonds is 8. The number of nitro benzene ring substituents is 1. The topological polar surface area (TPSA) is 104 Å². The molecule has 0 aromatic heterocycles. The highest BCUT2D eigenvalue weighted by atomic mass is 16.6. The number of nitrogens with zero attached hydrogens (tertiary/aromatic N) is 1. The molecule has 116 valence electrons. The van der Waals surface area contributed by atoms with Crippen molar-refractivity contribution in [2.24, 2.45) is 0 Å². The van der Waals surface area contributed by atoms with Gasteiger partial charge in [-0.25, -0.2) is 0 Å². The van der Waals surface area contributed by atoms with Crippen molar-refractivity contribution in [1.29, 1.82) is 0 Å². The van der Waals surface area contributed by atoms with Crippen LogP contribution in [0.2, 0.25) is 0 Å². The number of carbonyl (C=O) groups excluding carboxylic acids is 1. The number of amides is 1. The quantitative estimate of drug-likeness (QED) is 0.373. The summed E-state index contributed by atoms with van der Waals surface area (Å²) in [6.45, 7) is 4.84. The minimum Gasteiger partial charge on any atom is -0.392 e. The fraction of sp³-hybridized carbons (Fsp3) is 0.500. The molecule has 1 rings (SSSR count). The van der Waals surface area contributed by atoms with E-state index >= 15 is 0 Å². The van der Waals surface area contributed by atoms with Crippen LogP contribution >= 0.6 is 0 Å². The van der Waals surface area contributed by atoms with Gasteiger partial charge in [0.05, 0.1) is 16.9 Å². The minimum atomic E-state index is -0.478. The maximum atomic E-state index is 12.0. The number of nitro groups is 1. The van der Waals surface area contributed by atoms with Gasteiger partial charge in [0.25, 0.3) is 5.69 Å². The van der Waals surface area contributed by atoms with Gasteiger partial charge in [-0.15, -0.1) is 0 Å². The van der Waals surface area contributed by atoms with Gasteiger partial charge in [0.1, 0.15) is 0 Å². The van der Waals surface area contributed by atoms with Crippen molar-refractivity contribution in [1.82, 2.24) is 10.6 Å². The predicted octanol–water partition coefficient (Wildman–Crippen LogP) is 0.785. The van der Waals surface area contributed by atoms with Gasteiger partial charge < -0.3 is 15.7 Å². The van der Waals surface area contributed by atoms with Crippen LogP contribution < -0.4 is 10.6 Å². The predicted molar refractivity (Wildman–Crippen MR) is 79.1 cm³/mol. The van der Waals surface area contributed by atoms with E-state index in [1.54, 1.807) is 26.0 Å². The van der Waals surface area contributed by atoms with E-state index in [1.807, 2.05) is 0 Å². The molecule has 1 aromatic carbocycles. The minimum absolute atomic E-state index is 0.0225. The molecule has 0 bridgehead atoms. The first kappa shape index (κ1) is 17.1. The molecule has 0 radical (unpaired) electrons. The molecular weight excluding hydrogens is 274 g/mol. The Morgan fingerprint density at radius 1 is 1.38 bits per heavy atom. The molecular formula is C14H21N3O4. The second-order valence-corrected chi connectivity index (χ2v) is 4.92. The zero-order valence-electron chi connectivity index (χ0n) is 12.2. The third-order valence-corrected chi connectivity index (χ3v) is 3.02. The van der Waals surface area contributed by atoms with Crippen LogP contribution in [-0.2, 0) is 4.79 Å². The SMILES string of the molecule is CC(O)CNCCNC(=O)C(C)c1cccc([N+](=O)[O-])c1. The largest absolute Gasteiger partial charge is 0.392 e. The van der Waals surface area contributed by atoms with E-state index in [0.29, 0.717) is 25.2 Å². The van der Waals surface area contributed by atoms with Gasteiger partial charge in [0.2, 0.25) is 5.91 Å². The Labute approximate surface area is 123 Å². The molecule has 7 nitrogen and oxygen atoms in total. The van der Waals surface area contributed by atoms with E-state index in [9.17, 15) is 14.9 Å². The molecule has 0 aliphatic rings.